The summed E-state index contributed by atoms with van der Waals surface area (Å²) in [7, 11) is 1.68. The number of benzene rings is 2. The highest BCUT2D eigenvalue weighted by Crippen LogP contribution is 2.26. The van der Waals surface area contributed by atoms with Crippen LogP contribution >= 0.6 is 12.4 Å². The van der Waals surface area contributed by atoms with E-state index < -0.39 is 4.92 Å². The standard InChI is InChI=1S/C19H24N4O3.ClH/c1-21(17-9-5-6-10-18(17)23(25)26)15-19(24)22(14-12-20)13-11-16-7-3-2-4-8-16;/h2-10H,11-15,20H2,1H3;1H. The highest BCUT2D eigenvalue weighted by molar-refractivity contribution is 5.85. The Labute approximate surface area is 165 Å². The van der Waals surface area contributed by atoms with Crippen molar-refractivity contribution in [2.24, 2.45) is 5.73 Å². The van der Waals surface area contributed by atoms with E-state index in [2.05, 4.69) is 0 Å². The smallest absolute Gasteiger partial charge is 0.292 e. The van der Waals surface area contributed by atoms with Crippen molar-refractivity contribution in [3.05, 3.63) is 70.3 Å². The molecule has 2 rings (SSSR count). The molecule has 0 spiro atoms. The predicted octanol–water partition coefficient (Wildman–Crippen LogP) is 2.48. The summed E-state index contributed by atoms with van der Waals surface area (Å²) in [5, 5.41) is 11.2. The molecule has 0 aliphatic heterocycles. The number of carbonyl (C=O) groups is 1. The SMILES string of the molecule is CN(CC(=O)N(CCN)CCc1ccccc1)c1ccccc1[N+](=O)[O-].Cl. The van der Waals surface area contributed by atoms with Crippen molar-refractivity contribution in [3.63, 3.8) is 0 Å². The fourth-order valence-corrected chi connectivity index (χ4v) is 2.76. The van der Waals surface area contributed by atoms with Gasteiger partial charge in [-0.15, -0.1) is 12.4 Å². The Morgan fingerprint density at radius 1 is 1.07 bits per heavy atom. The number of nitro benzene ring substituents is 1. The number of amides is 1. The maximum absolute atomic E-state index is 12.7. The molecule has 0 atom stereocenters. The molecule has 2 N–H and O–H groups in total. The van der Waals surface area contributed by atoms with Crippen LogP contribution in [0.25, 0.3) is 0 Å². The van der Waals surface area contributed by atoms with Gasteiger partial charge in [-0.3, -0.25) is 14.9 Å². The van der Waals surface area contributed by atoms with Crippen LogP contribution < -0.4 is 10.6 Å². The number of carbonyl (C=O) groups excluding carboxylic acids is 1. The molecule has 0 unspecified atom stereocenters. The van der Waals surface area contributed by atoms with E-state index >= 15 is 0 Å². The Kier molecular flexibility index (Phi) is 9.25. The maximum atomic E-state index is 12.7. The largest absolute Gasteiger partial charge is 0.360 e. The van der Waals surface area contributed by atoms with Crippen LogP contribution in [0.4, 0.5) is 11.4 Å². The number of anilines is 1. The van der Waals surface area contributed by atoms with Gasteiger partial charge < -0.3 is 15.5 Å². The van der Waals surface area contributed by atoms with Crippen molar-refractivity contribution >= 4 is 29.7 Å². The van der Waals surface area contributed by atoms with Crippen LogP contribution in [0, 0.1) is 10.1 Å². The van der Waals surface area contributed by atoms with Crippen LogP contribution in [0.3, 0.4) is 0 Å². The minimum absolute atomic E-state index is 0. The summed E-state index contributed by atoms with van der Waals surface area (Å²) in [6.45, 7) is 1.44. The first-order valence-electron chi connectivity index (χ1n) is 8.49. The van der Waals surface area contributed by atoms with E-state index in [1.807, 2.05) is 30.3 Å². The molecule has 0 saturated carbocycles. The number of rotatable bonds is 9. The van der Waals surface area contributed by atoms with E-state index in [1.165, 1.54) is 6.07 Å². The highest BCUT2D eigenvalue weighted by atomic mass is 35.5. The molecule has 0 aromatic heterocycles. The molecule has 146 valence electrons. The second-order valence-corrected chi connectivity index (χ2v) is 6.01. The topological polar surface area (TPSA) is 92.7 Å². The van der Waals surface area contributed by atoms with Gasteiger partial charge in [-0.05, 0) is 18.1 Å². The van der Waals surface area contributed by atoms with Crippen LogP contribution in [-0.2, 0) is 11.2 Å². The lowest BCUT2D eigenvalue weighted by atomic mass is 10.1. The number of nitrogens with zero attached hydrogens (tertiary/aromatic N) is 3. The van der Waals surface area contributed by atoms with Crippen LogP contribution in [0.1, 0.15) is 5.56 Å². The summed E-state index contributed by atoms with van der Waals surface area (Å²) in [4.78, 5) is 26.7. The Bertz CT molecular complexity index is 743. The summed E-state index contributed by atoms with van der Waals surface area (Å²) in [6.07, 6.45) is 0.738. The molecule has 1 amide bonds. The van der Waals surface area contributed by atoms with Crippen LogP contribution in [0.15, 0.2) is 54.6 Å². The van der Waals surface area contributed by atoms with Gasteiger partial charge in [-0.25, -0.2) is 0 Å². The van der Waals surface area contributed by atoms with Gasteiger partial charge in [0, 0.05) is 32.7 Å². The maximum Gasteiger partial charge on any atom is 0.292 e. The van der Waals surface area contributed by atoms with Gasteiger partial charge in [0.05, 0.1) is 11.5 Å². The third-order valence-corrected chi connectivity index (χ3v) is 4.13. The Hall–Kier alpha value is -2.64. The van der Waals surface area contributed by atoms with Gasteiger partial charge in [-0.1, -0.05) is 42.5 Å². The molecule has 0 heterocycles. The first-order chi connectivity index (χ1) is 12.5. The van der Waals surface area contributed by atoms with E-state index in [4.69, 9.17) is 5.73 Å². The summed E-state index contributed by atoms with van der Waals surface area (Å²) in [6, 6.07) is 16.3. The van der Waals surface area contributed by atoms with Crippen LogP contribution in [0.5, 0.6) is 0 Å². The molecule has 27 heavy (non-hydrogen) atoms. The first kappa shape index (κ1) is 22.4. The monoisotopic (exact) mass is 392 g/mol. The Morgan fingerprint density at radius 2 is 1.70 bits per heavy atom. The lowest BCUT2D eigenvalue weighted by Crippen LogP contribution is -2.42. The molecule has 0 radical (unpaired) electrons. The highest BCUT2D eigenvalue weighted by Gasteiger charge is 2.20. The van der Waals surface area contributed by atoms with Gasteiger partial charge in [0.15, 0.2) is 0 Å². The normalized spacial score (nSPS) is 10.0. The number of hydrogen-bond acceptors (Lipinski definition) is 5. The number of para-hydroxylation sites is 2. The third kappa shape index (κ3) is 6.54. The average molecular weight is 393 g/mol. The fourth-order valence-electron chi connectivity index (χ4n) is 2.76. The van der Waals surface area contributed by atoms with Crippen LogP contribution in [-0.4, -0.2) is 49.0 Å². The van der Waals surface area contributed by atoms with Crippen molar-refractivity contribution in [2.75, 3.05) is 38.1 Å². The third-order valence-electron chi connectivity index (χ3n) is 4.13. The number of nitrogens with two attached hydrogens (primary N) is 1. The molecule has 0 aliphatic rings. The molecule has 2 aromatic carbocycles. The lowest BCUT2D eigenvalue weighted by molar-refractivity contribution is -0.384. The number of hydrogen-bond donors (Lipinski definition) is 1. The van der Waals surface area contributed by atoms with Crippen molar-refractivity contribution in [2.45, 2.75) is 6.42 Å². The van der Waals surface area contributed by atoms with E-state index in [0.717, 1.165) is 12.0 Å². The quantitative estimate of drug-likeness (QED) is 0.522. The zero-order chi connectivity index (χ0) is 18.9. The zero-order valence-corrected chi connectivity index (χ0v) is 16.1. The average Bonchev–Trinajstić information content (AvgIpc) is 2.65. The second-order valence-electron chi connectivity index (χ2n) is 6.01. The summed E-state index contributed by atoms with van der Waals surface area (Å²) in [5.74, 6) is -0.105. The predicted molar refractivity (Wildman–Crippen MR) is 109 cm³/mol. The molecular weight excluding hydrogens is 368 g/mol. The summed E-state index contributed by atoms with van der Waals surface area (Å²) >= 11 is 0. The van der Waals surface area contributed by atoms with Gasteiger partial charge in [0.25, 0.3) is 5.69 Å². The molecule has 8 heteroatoms. The number of halogens is 1. The number of nitro groups is 1. The Morgan fingerprint density at radius 3 is 2.33 bits per heavy atom. The molecule has 0 bridgehead atoms. The minimum Gasteiger partial charge on any atom is -0.360 e. The van der Waals surface area contributed by atoms with Gasteiger partial charge in [-0.2, -0.15) is 0 Å². The van der Waals surface area contributed by atoms with Gasteiger partial charge in [0.1, 0.15) is 5.69 Å². The zero-order valence-electron chi connectivity index (χ0n) is 15.3. The molecule has 0 saturated heterocycles. The van der Waals surface area contributed by atoms with Crippen molar-refractivity contribution in [1.82, 2.24) is 4.90 Å². The fraction of sp³-hybridized carbons (Fsp3) is 0.316. The van der Waals surface area contributed by atoms with E-state index in [-0.39, 0.29) is 30.5 Å². The Balaban J connectivity index is 0.00000364. The van der Waals surface area contributed by atoms with Gasteiger partial charge in [0.2, 0.25) is 5.91 Å². The molecule has 0 fully saturated rings. The lowest BCUT2D eigenvalue weighted by Gasteiger charge is -2.26. The van der Waals surface area contributed by atoms with Crippen molar-refractivity contribution < 1.29 is 9.72 Å². The summed E-state index contributed by atoms with van der Waals surface area (Å²) < 4.78 is 0. The van der Waals surface area contributed by atoms with Crippen molar-refractivity contribution in [1.29, 1.82) is 0 Å². The van der Waals surface area contributed by atoms with E-state index in [9.17, 15) is 14.9 Å². The summed E-state index contributed by atoms with van der Waals surface area (Å²) in [5.41, 5.74) is 7.19. The molecule has 2 aromatic rings. The molecule has 7 nitrogen and oxygen atoms in total. The number of likely N-dealkylation sites (N-methyl/N-ethyl adjacent to an activating group) is 1. The van der Waals surface area contributed by atoms with Crippen molar-refractivity contribution in [3.8, 4) is 0 Å². The molecular formula is C19H25ClN4O3. The van der Waals surface area contributed by atoms with E-state index in [0.29, 0.717) is 25.3 Å². The van der Waals surface area contributed by atoms with E-state index in [1.54, 1.807) is 35.0 Å². The second kappa shape index (κ2) is 11.2. The minimum atomic E-state index is -0.441. The molecule has 0 aliphatic carbocycles. The van der Waals surface area contributed by atoms with Gasteiger partial charge >= 0.3 is 0 Å². The first-order valence-corrected chi connectivity index (χ1v) is 8.49. The van der Waals surface area contributed by atoms with Crippen LogP contribution in [0.2, 0.25) is 0 Å².